The lowest BCUT2D eigenvalue weighted by Gasteiger charge is -2.02. The van der Waals surface area contributed by atoms with Crippen LogP contribution >= 0.6 is 22.7 Å². The Bertz CT molecular complexity index is 674. The standard InChI is InChI=1S/C11H11N5S2/c1-2-6-3-7-9(16-12)14-10(15-11(7)18-6)8-4-17-5-13-8/h3-5H,2,12H2,1H3,(H,14,15,16). The van der Waals surface area contributed by atoms with Crippen molar-refractivity contribution in [2.24, 2.45) is 5.84 Å². The Morgan fingerprint density at radius 1 is 1.39 bits per heavy atom. The molecule has 3 aromatic rings. The number of thiophene rings is 1. The number of aromatic nitrogens is 3. The van der Waals surface area contributed by atoms with Crippen LogP contribution in [0, 0.1) is 0 Å². The molecule has 0 radical (unpaired) electrons. The molecule has 0 aliphatic rings. The maximum Gasteiger partial charge on any atom is 0.182 e. The first-order valence-corrected chi connectivity index (χ1v) is 7.23. The molecule has 0 aliphatic carbocycles. The van der Waals surface area contributed by atoms with Crippen molar-refractivity contribution in [3.63, 3.8) is 0 Å². The summed E-state index contributed by atoms with van der Waals surface area (Å²) in [6.45, 7) is 2.12. The van der Waals surface area contributed by atoms with Crippen LogP contribution in [-0.4, -0.2) is 15.0 Å². The molecular weight excluding hydrogens is 266 g/mol. The highest BCUT2D eigenvalue weighted by Crippen LogP contribution is 2.31. The summed E-state index contributed by atoms with van der Waals surface area (Å²) >= 11 is 3.19. The van der Waals surface area contributed by atoms with Crippen LogP contribution in [0.5, 0.6) is 0 Å². The SMILES string of the molecule is CCc1cc2c(NN)nc(-c3cscn3)nc2s1. The Kier molecular flexibility index (Phi) is 2.94. The number of hydrogen-bond donors (Lipinski definition) is 2. The van der Waals surface area contributed by atoms with Gasteiger partial charge in [0.2, 0.25) is 0 Å². The van der Waals surface area contributed by atoms with Crippen LogP contribution in [0.15, 0.2) is 17.0 Å². The van der Waals surface area contributed by atoms with Crippen LogP contribution in [0.25, 0.3) is 21.7 Å². The fraction of sp³-hybridized carbons (Fsp3) is 0.182. The number of rotatable bonds is 3. The van der Waals surface area contributed by atoms with E-state index in [4.69, 9.17) is 5.84 Å². The first kappa shape index (κ1) is 11.5. The van der Waals surface area contributed by atoms with Crippen LogP contribution in [0.4, 0.5) is 5.82 Å². The van der Waals surface area contributed by atoms with Crippen LogP contribution in [0.3, 0.4) is 0 Å². The summed E-state index contributed by atoms with van der Waals surface area (Å²) in [5.41, 5.74) is 5.19. The average Bonchev–Trinajstić information content (AvgIpc) is 3.05. The predicted molar refractivity (Wildman–Crippen MR) is 75.7 cm³/mol. The maximum atomic E-state index is 5.54. The van der Waals surface area contributed by atoms with E-state index in [1.54, 1.807) is 16.8 Å². The van der Waals surface area contributed by atoms with Gasteiger partial charge < -0.3 is 5.43 Å². The van der Waals surface area contributed by atoms with Gasteiger partial charge in [-0.25, -0.2) is 20.8 Å². The minimum Gasteiger partial charge on any atom is -0.308 e. The first-order chi connectivity index (χ1) is 8.81. The molecule has 18 heavy (non-hydrogen) atoms. The second-order valence-electron chi connectivity index (χ2n) is 3.70. The number of nitrogens with one attached hydrogen (secondary N) is 1. The highest BCUT2D eigenvalue weighted by atomic mass is 32.1. The molecule has 0 aromatic carbocycles. The second-order valence-corrected chi connectivity index (χ2v) is 5.53. The summed E-state index contributed by atoms with van der Waals surface area (Å²) in [6.07, 6.45) is 0.983. The number of nitrogen functional groups attached to an aromatic ring is 1. The molecule has 0 saturated carbocycles. The summed E-state index contributed by atoms with van der Waals surface area (Å²) in [6, 6.07) is 2.08. The molecule has 0 fully saturated rings. The summed E-state index contributed by atoms with van der Waals surface area (Å²) in [5, 5.41) is 2.90. The lowest BCUT2D eigenvalue weighted by atomic mass is 10.3. The minimum atomic E-state index is 0.612. The summed E-state index contributed by atoms with van der Waals surface area (Å²) in [4.78, 5) is 15.4. The van der Waals surface area contributed by atoms with Gasteiger partial charge in [0, 0.05) is 10.3 Å². The van der Waals surface area contributed by atoms with E-state index < -0.39 is 0 Å². The number of anilines is 1. The zero-order valence-electron chi connectivity index (χ0n) is 9.67. The number of aryl methyl sites for hydroxylation is 1. The van der Waals surface area contributed by atoms with E-state index in [-0.39, 0.29) is 0 Å². The monoisotopic (exact) mass is 277 g/mol. The van der Waals surface area contributed by atoms with Crippen molar-refractivity contribution >= 4 is 38.7 Å². The van der Waals surface area contributed by atoms with E-state index in [2.05, 4.69) is 33.4 Å². The molecule has 3 aromatic heterocycles. The summed E-state index contributed by atoms with van der Waals surface area (Å²) < 4.78 is 0. The van der Waals surface area contributed by atoms with Gasteiger partial charge in [0.25, 0.3) is 0 Å². The van der Waals surface area contributed by atoms with Crippen molar-refractivity contribution in [3.05, 3.63) is 21.8 Å². The number of nitrogens with zero attached hydrogens (tertiary/aromatic N) is 3. The maximum absolute atomic E-state index is 5.54. The van der Waals surface area contributed by atoms with Crippen molar-refractivity contribution in [3.8, 4) is 11.5 Å². The lowest BCUT2D eigenvalue weighted by molar-refractivity contribution is 1.17. The van der Waals surface area contributed by atoms with Crippen LogP contribution in [0.2, 0.25) is 0 Å². The highest BCUT2D eigenvalue weighted by Gasteiger charge is 2.12. The molecule has 0 spiro atoms. The quantitative estimate of drug-likeness (QED) is 0.568. The molecule has 5 nitrogen and oxygen atoms in total. The highest BCUT2D eigenvalue weighted by molar-refractivity contribution is 7.18. The first-order valence-electron chi connectivity index (χ1n) is 5.47. The smallest absolute Gasteiger partial charge is 0.182 e. The molecule has 0 atom stereocenters. The molecule has 0 aliphatic heterocycles. The van der Waals surface area contributed by atoms with Crippen molar-refractivity contribution in [2.45, 2.75) is 13.3 Å². The van der Waals surface area contributed by atoms with E-state index in [1.807, 2.05) is 5.38 Å². The molecule has 0 amide bonds. The zero-order chi connectivity index (χ0) is 12.5. The fourth-order valence-corrected chi connectivity index (χ4v) is 3.19. The third-order valence-electron chi connectivity index (χ3n) is 2.59. The van der Waals surface area contributed by atoms with Gasteiger partial charge in [-0.15, -0.1) is 22.7 Å². The zero-order valence-corrected chi connectivity index (χ0v) is 11.3. The lowest BCUT2D eigenvalue weighted by Crippen LogP contribution is -2.09. The Labute approximate surface area is 112 Å². The van der Waals surface area contributed by atoms with Crippen LogP contribution in [0.1, 0.15) is 11.8 Å². The van der Waals surface area contributed by atoms with E-state index in [0.29, 0.717) is 11.6 Å². The molecule has 7 heteroatoms. The number of fused-ring (bicyclic) bond motifs is 1. The topological polar surface area (TPSA) is 76.7 Å². The normalized spacial score (nSPS) is 11.0. The van der Waals surface area contributed by atoms with Gasteiger partial charge >= 0.3 is 0 Å². The molecule has 3 rings (SSSR count). The summed E-state index contributed by atoms with van der Waals surface area (Å²) in [7, 11) is 0. The van der Waals surface area contributed by atoms with Crippen LogP contribution < -0.4 is 11.3 Å². The van der Waals surface area contributed by atoms with Gasteiger partial charge in [0.15, 0.2) is 11.6 Å². The average molecular weight is 277 g/mol. The summed E-state index contributed by atoms with van der Waals surface area (Å²) in [5.74, 6) is 6.80. The molecule has 0 saturated heterocycles. The Morgan fingerprint density at radius 3 is 2.94 bits per heavy atom. The molecular formula is C11H11N5S2. The third kappa shape index (κ3) is 1.86. The van der Waals surface area contributed by atoms with Crippen molar-refractivity contribution < 1.29 is 0 Å². The Balaban J connectivity index is 2.24. The van der Waals surface area contributed by atoms with Gasteiger partial charge in [-0.3, -0.25) is 0 Å². The molecule has 0 unspecified atom stereocenters. The van der Waals surface area contributed by atoms with E-state index >= 15 is 0 Å². The van der Waals surface area contributed by atoms with E-state index in [9.17, 15) is 0 Å². The largest absolute Gasteiger partial charge is 0.308 e. The Hall–Kier alpha value is -1.57. The fourth-order valence-electron chi connectivity index (χ4n) is 1.69. The molecule has 92 valence electrons. The van der Waals surface area contributed by atoms with Gasteiger partial charge in [-0.1, -0.05) is 6.92 Å². The predicted octanol–water partition coefficient (Wildman–Crippen LogP) is 2.66. The van der Waals surface area contributed by atoms with Crippen molar-refractivity contribution in [1.82, 2.24) is 15.0 Å². The van der Waals surface area contributed by atoms with Crippen molar-refractivity contribution in [2.75, 3.05) is 5.43 Å². The third-order valence-corrected chi connectivity index (χ3v) is 4.35. The van der Waals surface area contributed by atoms with Gasteiger partial charge in [-0.2, -0.15) is 0 Å². The molecule has 3 N–H and O–H groups in total. The van der Waals surface area contributed by atoms with Gasteiger partial charge in [-0.05, 0) is 12.5 Å². The number of thiazole rings is 1. The minimum absolute atomic E-state index is 0.612. The number of nitrogens with two attached hydrogens (primary N) is 1. The van der Waals surface area contributed by atoms with Gasteiger partial charge in [0.1, 0.15) is 10.5 Å². The number of hydrazine groups is 1. The van der Waals surface area contributed by atoms with E-state index in [1.165, 1.54) is 16.2 Å². The number of hydrogen-bond acceptors (Lipinski definition) is 7. The van der Waals surface area contributed by atoms with E-state index in [0.717, 1.165) is 22.3 Å². The Morgan fingerprint density at radius 2 is 2.28 bits per heavy atom. The van der Waals surface area contributed by atoms with Crippen molar-refractivity contribution in [1.29, 1.82) is 0 Å². The second kappa shape index (κ2) is 4.60. The van der Waals surface area contributed by atoms with Gasteiger partial charge in [0.05, 0.1) is 10.9 Å². The molecule has 3 heterocycles. The molecule has 0 bridgehead atoms. The van der Waals surface area contributed by atoms with Crippen LogP contribution in [-0.2, 0) is 6.42 Å².